The van der Waals surface area contributed by atoms with Crippen LogP contribution in [0.2, 0.25) is 0 Å². The van der Waals surface area contributed by atoms with Crippen LogP contribution in [0.3, 0.4) is 0 Å². The van der Waals surface area contributed by atoms with Crippen LogP contribution < -0.4 is 0 Å². The first kappa shape index (κ1) is 17.6. The summed E-state index contributed by atoms with van der Waals surface area (Å²) in [5.41, 5.74) is 0.506. The Kier molecular flexibility index (Phi) is 5.16. The van der Waals surface area contributed by atoms with Crippen molar-refractivity contribution in [2.75, 3.05) is 6.61 Å². The van der Waals surface area contributed by atoms with Crippen LogP contribution in [0.5, 0.6) is 0 Å². The lowest BCUT2D eigenvalue weighted by Crippen LogP contribution is -2.56. The molecule has 0 amide bonds. The van der Waals surface area contributed by atoms with Crippen molar-refractivity contribution in [3.05, 3.63) is 41.7 Å². The summed E-state index contributed by atoms with van der Waals surface area (Å²) < 4.78 is 5.32. The number of hydrogen-bond donors (Lipinski definition) is 4. The van der Waals surface area contributed by atoms with E-state index >= 15 is 0 Å². The molecular formula is C15H18N4O6. The Morgan fingerprint density at radius 2 is 1.84 bits per heavy atom. The van der Waals surface area contributed by atoms with Gasteiger partial charge in [0.15, 0.2) is 17.8 Å². The van der Waals surface area contributed by atoms with Crippen molar-refractivity contribution in [1.29, 1.82) is 0 Å². The van der Waals surface area contributed by atoms with Crippen LogP contribution in [-0.2, 0) is 11.2 Å². The molecule has 10 heteroatoms. The number of hydrogen-bond acceptors (Lipinski definition) is 9. The van der Waals surface area contributed by atoms with E-state index in [0.29, 0.717) is 5.56 Å². The van der Waals surface area contributed by atoms with Gasteiger partial charge in [-0.3, -0.25) is 4.79 Å². The number of nitrogens with zero attached hydrogens (tertiary/aromatic N) is 4. The number of aliphatic hydroxyl groups is 4. The molecule has 2 heterocycles. The van der Waals surface area contributed by atoms with E-state index in [4.69, 9.17) is 4.74 Å². The van der Waals surface area contributed by atoms with Gasteiger partial charge in [-0.25, -0.2) is 0 Å². The Bertz CT molecular complexity index is 722. The van der Waals surface area contributed by atoms with E-state index in [1.807, 2.05) is 0 Å². The van der Waals surface area contributed by atoms with Crippen LogP contribution >= 0.6 is 0 Å². The second-order valence-corrected chi connectivity index (χ2v) is 5.71. The third kappa shape index (κ3) is 3.57. The summed E-state index contributed by atoms with van der Waals surface area (Å²) in [6, 6.07) is 8.62. The highest BCUT2D eigenvalue weighted by Gasteiger charge is 2.45. The van der Waals surface area contributed by atoms with Crippen LogP contribution in [-0.4, -0.2) is 77.4 Å². The van der Waals surface area contributed by atoms with Gasteiger partial charge in [0.1, 0.15) is 24.4 Å². The van der Waals surface area contributed by atoms with E-state index < -0.39 is 37.3 Å². The number of rotatable bonds is 5. The molecule has 10 nitrogen and oxygen atoms in total. The third-order valence-electron chi connectivity index (χ3n) is 3.98. The highest BCUT2D eigenvalue weighted by Crippen LogP contribution is 2.27. The number of ether oxygens (including phenoxy) is 1. The molecule has 2 aromatic rings. The molecule has 5 unspecified atom stereocenters. The summed E-state index contributed by atoms with van der Waals surface area (Å²) in [5.74, 6) is -0.0836. The van der Waals surface area contributed by atoms with Gasteiger partial charge < -0.3 is 25.2 Å². The number of benzene rings is 1. The molecule has 0 radical (unpaired) electrons. The summed E-state index contributed by atoms with van der Waals surface area (Å²) in [6.45, 7) is -0.560. The summed E-state index contributed by atoms with van der Waals surface area (Å²) in [7, 11) is 0. The predicted molar refractivity (Wildman–Crippen MR) is 81.3 cm³/mol. The van der Waals surface area contributed by atoms with Crippen LogP contribution in [0.15, 0.2) is 30.3 Å². The first-order chi connectivity index (χ1) is 12.0. The van der Waals surface area contributed by atoms with Gasteiger partial charge in [0.2, 0.25) is 0 Å². The molecule has 0 spiro atoms. The highest BCUT2D eigenvalue weighted by atomic mass is 16.6. The fourth-order valence-corrected chi connectivity index (χ4v) is 2.58. The Labute approximate surface area is 142 Å². The fourth-order valence-electron chi connectivity index (χ4n) is 2.58. The van der Waals surface area contributed by atoms with Gasteiger partial charge >= 0.3 is 0 Å². The van der Waals surface area contributed by atoms with Crippen LogP contribution in [0.25, 0.3) is 0 Å². The number of carbonyl (C=O) groups is 1. The molecule has 0 aliphatic carbocycles. The van der Waals surface area contributed by atoms with Crippen molar-refractivity contribution in [3.8, 4) is 0 Å². The fraction of sp³-hybridized carbons (Fsp3) is 0.467. The molecule has 1 aromatic carbocycles. The first-order valence-corrected chi connectivity index (χ1v) is 7.68. The van der Waals surface area contributed by atoms with E-state index in [1.54, 1.807) is 30.3 Å². The number of aromatic nitrogens is 4. The number of aliphatic hydroxyl groups excluding tert-OH is 4. The van der Waals surface area contributed by atoms with Gasteiger partial charge in [-0.1, -0.05) is 30.3 Å². The summed E-state index contributed by atoms with van der Waals surface area (Å²) >= 11 is 0. The predicted octanol–water partition coefficient (Wildman–Crippen LogP) is -1.93. The van der Waals surface area contributed by atoms with Gasteiger partial charge in [-0.2, -0.15) is 0 Å². The van der Waals surface area contributed by atoms with Crippen molar-refractivity contribution >= 4 is 5.78 Å². The van der Waals surface area contributed by atoms with E-state index in [-0.39, 0.29) is 18.0 Å². The lowest BCUT2D eigenvalue weighted by molar-refractivity contribution is -0.257. The second kappa shape index (κ2) is 7.33. The zero-order valence-corrected chi connectivity index (χ0v) is 13.1. The molecule has 0 saturated carbocycles. The summed E-state index contributed by atoms with van der Waals surface area (Å²) in [5, 5.41) is 50.3. The molecule has 1 aliphatic heterocycles. The number of carbonyl (C=O) groups excluding carboxylic acids is 1. The molecule has 1 saturated heterocycles. The van der Waals surface area contributed by atoms with Gasteiger partial charge in [-0.05, 0) is 5.21 Å². The first-order valence-electron chi connectivity index (χ1n) is 7.68. The van der Waals surface area contributed by atoms with Gasteiger partial charge in [0.05, 0.1) is 13.0 Å². The summed E-state index contributed by atoms with van der Waals surface area (Å²) in [4.78, 5) is 13.1. The number of ketones is 1. The van der Waals surface area contributed by atoms with Crippen molar-refractivity contribution in [1.82, 2.24) is 20.2 Å². The largest absolute Gasteiger partial charge is 0.394 e. The van der Waals surface area contributed by atoms with Crippen molar-refractivity contribution < 1.29 is 30.0 Å². The van der Waals surface area contributed by atoms with Crippen LogP contribution in [0, 0.1) is 0 Å². The zero-order chi connectivity index (χ0) is 18.0. The van der Waals surface area contributed by atoms with E-state index in [2.05, 4.69) is 15.4 Å². The molecule has 5 atom stereocenters. The second-order valence-electron chi connectivity index (χ2n) is 5.71. The quantitative estimate of drug-likeness (QED) is 0.452. The van der Waals surface area contributed by atoms with Crippen molar-refractivity contribution in [2.24, 2.45) is 0 Å². The molecule has 134 valence electrons. The smallest absolute Gasteiger partial charge is 0.199 e. The molecular weight excluding hydrogens is 332 g/mol. The van der Waals surface area contributed by atoms with Crippen LogP contribution in [0.4, 0.5) is 0 Å². The molecule has 1 aromatic heterocycles. The maximum Gasteiger partial charge on any atom is 0.199 e. The highest BCUT2D eigenvalue weighted by molar-refractivity contribution is 5.96. The minimum absolute atomic E-state index is 0.0958. The van der Waals surface area contributed by atoms with Gasteiger partial charge in [-0.15, -0.1) is 15.0 Å². The molecule has 1 fully saturated rings. The van der Waals surface area contributed by atoms with Gasteiger partial charge in [0, 0.05) is 5.56 Å². The molecule has 3 rings (SSSR count). The molecule has 1 aliphatic rings. The van der Waals surface area contributed by atoms with E-state index in [9.17, 15) is 25.2 Å². The van der Waals surface area contributed by atoms with Crippen molar-refractivity contribution in [2.45, 2.75) is 37.1 Å². The third-order valence-corrected chi connectivity index (χ3v) is 3.98. The lowest BCUT2D eigenvalue weighted by atomic mass is 9.99. The van der Waals surface area contributed by atoms with Crippen LogP contribution in [0.1, 0.15) is 22.4 Å². The van der Waals surface area contributed by atoms with Crippen molar-refractivity contribution in [3.63, 3.8) is 0 Å². The molecule has 25 heavy (non-hydrogen) atoms. The average Bonchev–Trinajstić information content (AvgIpc) is 3.09. The van der Waals surface area contributed by atoms with E-state index in [1.165, 1.54) is 0 Å². The SMILES string of the molecule is O=C(Cc1nnn(C2OC(CO)C(O)C(O)C2O)n1)c1ccccc1. The lowest BCUT2D eigenvalue weighted by Gasteiger charge is -2.38. The maximum absolute atomic E-state index is 12.2. The molecule has 0 bridgehead atoms. The topological polar surface area (TPSA) is 151 Å². The maximum atomic E-state index is 12.2. The Hall–Kier alpha value is -2.24. The standard InChI is InChI=1S/C15H18N4O6/c20-7-10-12(22)13(23)14(24)15(25-10)19-17-11(16-18-19)6-9(21)8-4-2-1-3-5-8/h1-5,10,12-15,20,22-24H,6-7H2. The minimum atomic E-state index is -1.55. The average molecular weight is 350 g/mol. The minimum Gasteiger partial charge on any atom is -0.394 e. The number of tetrazole rings is 1. The molecule has 4 N–H and O–H groups in total. The van der Waals surface area contributed by atoms with Gasteiger partial charge in [0.25, 0.3) is 0 Å². The number of Topliss-reactive ketones (excluding diaryl/α,β-unsaturated/α-hetero) is 1. The summed E-state index contributed by atoms with van der Waals surface area (Å²) in [6.07, 6.45) is -6.96. The Balaban J connectivity index is 1.73. The zero-order valence-electron chi connectivity index (χ0n) is 13.1. The Morgan fingerprint density at radius 3 is 2.52 bits per heavy atom. The van der Waals surface area contributed by atoms with E-state index in [0.717, 1.165) is 4.80 Å². The Morgan fingerprint density at radius 1 is 1.12 bits per heavy atom. The normalized spacial score (nSPS) is 29.5. The monoisotopic (exact) mass is 350 g/mol.